The molecule has 0 aromatic rings. The van der Waals surface area contributed by atoms with E-state index in [2.05, 4.69) is 31.5 Å². The van der Waals surface area contributed by atoms with Crippen LogP contribution in [0.15, 0.2) is 12.2 Å². The first-order chi connectivity index (χ1) is 45.1. The molecule has 26 heteroatoms. The van der Waals surface area contributed by atoms with Gasteiger partial charge in [-0.3, -0.25) is 58.1 Å². The summed E-state index contributed by atoms with van der Waals surface area (Å²) in [5, 5.41) is 26.7. The molecule has 0 aromatic carbocycles. The number of aliphatic hydroxyl groups excluding tert-OH is 1. The second-order valence-corrected chi connectivity index (χ2v) is 28.9. The number of amides is 11. The van der Waals surface area contributed by atoms with Crippen LogP contribution in [0.5, 0.6) is 0 Å². The molecule has 558 valence electrons. The van der Waals surface area contributed by atoms with Gasteiger partial charge in [0.15, 0.2) is 5.66 Å². The fraction of sp³-hybridized carbons (Fsp3) is 0.817. The maximum atomic E-state index is 15.6. The van der Waals surface area contributed by atoms with E-state index in [1.54, 1.807) is 61.5 Å². The lowest BCUT2D eigenvalue weighted by Crippen LogP contribution is -2.70. The van der Waals surface area contributed by atoms with Crippen LogP contribution >= 0.6 is 0 Å². The molecule has 1 aliphatic rings. The van der Waals surface area contributed by atoms with Crippen LogP contribution < -0.4 is 26.6 Å². The molecular weight excluding hydrogens is 1240 g/mol. The van der Waals surface area contributed by atoms with Crippen molar-refractivity contribution in [2.75, 3.05) is 89.2 Å². The third-order valence-electron chi connectivity index (χ3n) is 19.4. The predicted molar refractivity (Wildman–Crippen MR) is 379 cm³/mol. The molecule has 11 amide bonds. The summed E-state index contributed by atoms with van der Waals surface area (Å²) in [4.78, 5) is 177. The van der Waals surface area contributed by atoms with Gasteiger partial charge in [-0.15, -0.1) is 0 Å². The zero-order valence-corrected chi connectivity index (χ0v) is 64.5. The van der Waals surface area contributed by atoms with Crippen LogP contribution in [0.3, 0.4) is 0 Å². The number of ether oxygens (including phenoxy) is 1. The van der Waals surface area contributed by atoms with Gasteiger partial charge in [-0.1, -0.05) is 129 Å². The van der Waals surface area contributed by atoms with Gasteiger partial charge in [0, 0.05) is 55.9 Å². The summed E-state index contributed by atoms with van der Waals surface area (Å²) in [5.41, 5.74) is -1.83. The van der Waals surface area contributed by atoms with E-state index in [-0.39, 0.29) is 63.1 Å². The summed E-state index contributed by atoms with van der Waals surface area (Å²) in [6, 6.07) is -13.2. The highest BCUT2D eigenvalue weighted by molar-refractivity contribution is 6.00. The number of nitrogens with one attached hydrogen (secondary N) is 5. The van der Waals surface area contributed by atoms with Gasteiger partial charge in [0.1, 0.15) is 60.4 Å². The van der Waals surface area contributed by atoms with Gasteiger partial charge in [-0.25, -0.2) is 0 Å². The predicted octanol–water partition coefficient (Wildman–Crippen LogP) is 3.93. The quantitative estimate of drug-likeness (QED) is 0.0589. The average molecular weight is 1370 g/mol. The molecule has 0 radical (unpaired) electrons. The number of carbonyl (C=O) groups excluding carboxylic acids is 11. The molecule has 1 rings (SSSR count). The van der Waals surface area contributed by atoms with Gasteiger partial charge in [-0.05, 0) is 121 Å². The summed E-state index contributed by atoms with van der Waals surface area (Å²) in [6.07, 6.45) is 3.46. The zero-order chi connectivity index (χ0) is 75.0. The lowest BCUT2D eigenvalue weighted by molar-refractivity contribution is -0.163. The molecule has 14 atom stereocenters. The molecule has 1 heterocycles. The molecule has 1 unspecified atom stereocenters. The van der Waals surface area contributed by atoms with Crippen LogP contribution in [0.25, 0.3) is 0 Å². The monoisotopic (exact) mass is 1370 g/mol. The first kappa shape index (κ1) is 88.8. The van der Waals surface area contributed by atoms with E-state index >= 15 is 33.6 Å². The number of hydrogen-bond donors (Lipinski definition) is 6. The molecule has 1 fully saturated rings. The molecule has 26 nitrogen and oxygen atoms in total. The number of nitrogens with zero attached hydrogens (tertiary/aromatic N) is 8. The Kier molecular flexibility index (Phi) is 37.8. The Balaban J connectivity index is 4.66. The van der Waals surface area contributed by atoms with E-state index in [0.717, 1.165) is 18.0 Å². The minimum Gasteiger partial charge on any atom is -0.390 e. The second-order valence-electron chi connectivity index (χ2n) is 28.9. The minimum absolute atomic E-state index is 0.0294. The van der Waals surface area contributed by atoms with Crippen molar-refractivity contribution in [2.45, 2.75) is 249 Å². The normalized spacial score (nSPS) is 26.9. The Morgan fingerprint density at radius 3 is 1.58 bits per heavy atom. The Bertz CT molecular complexity index is 2620. The molecule has 0 bridgehead atoms. The van der Waals surface area contributed by atoms with Crippen LogP contribution in [-0.2, 0) is 57.5 Å². The summed E-state index contributed by atoms with van der Waals surface area (Å²) in [7, 11) is 11.5. The summed E-state index contributed by atoms with van der Waals surface area (Å²) in [5.74, 6) is -10.6. The molecule has 0 saturated carbocycles. The Morgan fingerprint density at radius 1 is 0.567 bits per heavy atom. The van der Waals surface area contributed by atoms with Gasteiger partial charge in [0.2, 0.25) is 59.1 Å². The average Bonchev–Trinajstić information content (AvgIpc) is 0.777. The number of likely N-dealkylation sites (N-methyl/N-ethyl adjacent to an activating group) is 9. The highest BCUT2D eigenvalue weighted by Gasteiger charge is 2.51. The van der Waals surface area contributed by atoms with Crippen molar-refractivity contribution in [1.29, 1.82) is 0 Å². The largest absolute Gasteiger partial charge is 0.390 e. The first-order valence-corrected chi connectivity index (χ1v) is 35.5. The van der Waals surface area contributed by atoms with Crippen LogP contribution in [0, 0.1) is 41.4 Å². The van der Waals surface area contributed by atoms with Crippen molar-refractivity contribution in [1.82, 2.24) is 65.8 Å². The highest BCUT2D eigenvalue weighted by atomic mass is 16.5. The highest BCUT2D eigenvalue weighted by Crippen LogP contribution is 2.29. The molecule has 97 heavy (non-hydrogen) atoms. The fourth-order valence-corrected chi connectivity index (χ4v) is 12.7. The van der Waals surface area contributed by atoms with Gasteiger partial charge >= 0.3 is 0 Å². The topological polar surface area (TPSA) is 303 Å². The summed E-state index contributed by atoms with van der Waals surface area (Å²) < 4.78 is 6.22. The number of allylic oxidation sites excluding steroid dienone is 2. The zero-order valence-electron chi connectivity index (χ0n) is 64.5. The van der Waals surface area contributed by atoms with Gasteiger partial charge in [0.25, 0.3) is 5.91 Å². The van der Waals surface area contributed by atoms with Gasteiger partial charge in [-0.2, -0.15) is 0 Å². The lowest BCUT2D eigenvalue weighted by atomic mass is 9.91. The summed E-state index contributed by atoms with van der Waals surface area (Å²) in [6.45, 7) is 35.8. The maximum Gasteiger partial charge on any atom is 0.264 e. The van der Waals surface area contributed by atoms with Crippen LogP contribution in [0.2, 0.25) is 0 Å². The third kappa shape index (κ3) is 24.0. The fourth-order valence-electron chi connectivity index (χ4n) is 12.7. The number of hydrogen-bond acceptors (Lipinski definition) is 15. The van der Waals surface area contributed by atoms with E-state index in [1.165, 1.54) is 99.6 Å². The van der Waals surface area contributed by atoms with Crippen molar-refractivity contribution < 1.29 is 62.6 Å². The van der Waals surface area contributed by atoms with Crippen molar-refractivity contribution in [3.8, 4) is 0 Å². The second kappa shape index (κ2) is 41.4. The van der Waals surface area contributed by atoms with Gasteiger partial charge < -0.3 is 70.3 Å². The van der Waals surface area contributed by atoms with Crippen LogP contribution in [0.1, 0.15) is 176 Å². The molecule has 0 spiro atoms. The number of rotatable bonds is 24. The minimum atomic E-state index is -1.83. The Labute approximate surface area is 582 Å². The van der Waals surface area contributed by atoms with Crippen LogP contribution in [0.4, 0.5) is 0 Å². The molecular formula is C71H131N13O13. The number of carbonyl (C=O) groups is 11. The standard InChI is InChI=1S/C71H131N13O13/c1-28-33-34-48(17)59(85)58-63(89)75-51(30-3)65(91)78(22)54(41-97-38-37-84(31-4)32-5)67(93)81(25)57(47(16)29-2)62(88)76-55(45(12)13)68(94)77(21)52(36-35-42(6)7)61(87)73-49(18)60(86)74-50(19)64(90)83(27)71(72-20,40-44(10)11)70(96)79(23)53(39-43(8)9)66(92)80(24)56(46(14)15)69(95)82(58)26/h28,33,42-59,72,85H,29-32,34-41H2,1-27H3,(H,73,87)(H,74,86)(H,75,89)(H,76,88)/b33-28+/t47?,48-,49-,50+,51-,52-,53-,54-,55-,56-,57+,58+,59-,71+/m1/s1. The van der Waals surface area contributed by atoms with E-state index in [0.29, 0.717) is 19.4 Å². The van der Waals surface area contributed by atoms with E-state index < -0.39 is 161 Å². The van der Waals surface area contributed by atoms with Crippen molar-refractivity contribution in [3.63, 3.8) is 0 Å². The van der Waals surface area contributed by atoms with Gasteiger partial charge in [0.05, 0.1) is 19.3 Å². The maximum absolute atomic E-state index is 15.6. The van der Waals surface area contributed by atoms with E-state index in [1.807, 2.05) is 68.4 Å². The molecule has 1 aliphatic heterocycles. The third-order valence-corrected chi connectivity index (χ3v) is 19.4. The molecule has 1 saturated heterocycles. The molecule has 0 aliphatic carbocycles. The number of aliphatic hydroxyl groups is 1. The Hall–Kier alpha value is -6.25. The van der Waals surface area contributed by atoms with E-state index in [9.17, 15) is 24.3 Å². The smallest absolute Gasteiger partial charge is 0.264 e. The lowest BCUT2D eigenvalue weighted by Gasteiger charge is -2.46. The van der Waals surface area contributed by atoms with Crippen LogP contribution in [-0.4, -0.2) is 271 Å². The molecule has 6 N–H and O–H groups in total. The van der Waals surface area contributed by atoms with E-state index in [4.69, 9.17) is 4.74 Å². The summed E-state index contributed by atoms with van der Waals surface area (Å²) >= 11 is 0. The molecule has 0 aromatic heterocycles. The Morgan fingerprint density at radius 2 is 1.09 bits per heavy atom. The van der Waals surface area contributed by atoms with Crippen molar-refractivity contribution in [2.24, 2.45) is 41.4 Å². The van der Waals surface area contributed by atoms with Crippen molar-refractivity contribution in [3.05, 3.63) is 12.2 Å². The van der Waals surface area contributed by atoms with Crippen molar-refractivity contribution >= 4 is 65.0 Å². The first-order valence-electron chi connectivity index (χ1n) is 35.5. The SMILES string of the molecule is C/C=C/C[C@@H](C)[C@@H](O)[C@H]1C(=O)N[C@H](CC)C(=O)N(C)[C@H](COCCN(CC)CC)C(=O)N(C)[C@@H](C(C)CC)C(=O)N[C@H](C(C)C)C(=O)N(C)[C@H](CCC(C)C)C(=O)N[C@H](C)C(=O)N[C@@H](C)C(=O)N(C)[C@](CC(C)C)(NC)C(=O)N(C)[C@H](CC(C)C)C(=O)N(C)[C@H](C(C)C)C(=O)N1C.